The predicted molar refractivity (Wildman–Crippen MR) is 113 cm³/mol. The van der Waals surface area contributed by atoms with Crippen LogP contribution in [0, 0.1) is 0 Å². The molecule has 0 bridgehead atoms. The first kappa shape index (κ1) is 21.0. The van der Waals surface area contributed by atoms with Crippen LogP contribution >= 0.6 is 0 Å². The van der Waals surface area contributed by atoms with E-state index >= 15 is 0 Å². The quantitative estimate of drug-likeness (QED) is 0.401. The van der Waals surface area contributed by atoms with Crippen molar-refractivity contribution < 1.29 is 22.8 Å². The summed E-state index contributed by atoms with van der Waals surface area (Å²) in [7, 11) is -3.52. The number of carbonyl (C=O) groups is 3. The summed E-state index contributed by atoms with van der Waals surface area (Å²) in [4.78, 5) is 38.0. The van der Waals surface area contributed by atoms with Gasteiger partial charge in [0.15, 0.2) is 0 Å². The van der Waals surface area contributed by atoms with Crippen molar-refractivity contribution in [1.29, 1.82) is 0 Å². The average Bonchev–Trinajstić information content (AvgIpc) is 3.54. The van der Waals surface area contributed by atoms with E-state index in [0.717, 1.165) is 17.7 Å². The third-order valence-electron chi connectivity index (χ3n) is 5.07. The second kappa shape index (κ2) is 8.48. The van der Waals surface area contributed by atoms with Gasteiger partial charge in [-0.25, -0.2) is 13.1 Å². The van der Waals surface area contributed by atoms with Crippen molar-refractivity contribution in [1.82, 2.24) is 15.0 Å². The number of amides is 3. The Kier molecular flexibility index (Phi) is 5.75. The summed E-state index contributed by atoms with van der Waals surface area (Å²) in [6.07, 6.45) is 2.15. The number of hydrogen-bond donors (Lipinski definition) is 3. The van der Waals surface area contributed by atoms with Gasteiger partial charge in [0.25, 0.3) is 11.8 Å². The number of hydrazine groups is 1. The van der Waals surface area contributed by atoms with Gasteiger partial charge in [0.2, 0.25) is 15.9 Å². The van der Waals surface area contributed by atoms with E-state index in [0.29, 0.717) is 23.2 Å². The van der Waals surface area contributed by atoms with Gasteiger partial charge in [0.1, 0.15) is 0 Å². The van der Waals surface area contributed by atoms with E-state index in [1.165, 1.54) is 12.1 Å². The zero-order valence-electron chi connectivity index (χ0n) is 16.6. The van der Waals surface area contributed by atoms with Crippen LogP contribution < -0.4 is 15.6 Å². The third-order valence-corrected chi connectivity index (χ3v) is 6.61. The molecule has 3 amide bonds. The largest absolute Gasteiger partial charge is 0.299 e. The van der Waals surface area contributed by atoms with Crippen LogP contribution in [-0.2, 0) is 14.8 Å². The Balaban J connectivity index is 1.22. The number of nitrogens with zero attached hydrogens (tertiary/aromatic N) is 1. The summed E-state index contributed by atoms with van der Waals surface area (Å²) in [5.41, 5.74) is 6.54. The van der Waals surface area contributed by atoms with Gasteiger partial charge < -0.3 is 0 Å². The number of hydrogen-bond acceptors (Lipinski definition) is 6. The highest BCUT2D eigenvalue weighted by atomic mass is 32.2. The number of nitrogens with one attached hydrogen (secondary N) is 3. The van der Waals surface area contributed by atoms with E-state index in [1.807, 2.05) is 0 Å². The van der Waals surface area contributed by atoms with Crippen LogP contribution in [-0.4, -0.2) is 43.6 Å². The van der Waals surface area contributed by atoms with Crippen LogP contribution in [0.25, 0.3) is 0 Å². The molecule has 0 spiro atoms. The molecule has 1 fully saturated rings. The summed E-state index contributed by atoms with van der Waals surface area (Å²) >= 11 is 0. The minimum absolute atomic E-state index is 0.0300. The second-order valence-corrected chi connectivity index (χ2v) is 9.22. The smallest absolute Gasteiger partial charge is 0.261 e. The Morgan fingerprint density at radius 1 is 0.968 bits per heavy atom. The molecule has 162 valence electrons. The van der Waals surface area contributed by atoms with E-state index < -0.39 is 10.0 Å². The number of rotatable bonds is 9. The van der Waals surface area contributed by atoms with Crippen LogP contribution in [0.2, 0.25) is 0 Å². The number of carbonyl (C=O) groups excluding carboxylic acids is 3. The number of benzene rings is 2. The van der Waals surface area contributed by atoms with E-state index in [2.05, 4.69) is 15.6 Å². The molecule has 9 nitrogen and oxygen atoms in total. The minimum atomic E-state index is -3.52. The topological polar surface area (TPSA) is 125 Å². The fourth-order valence-electron chi connectivity index (χ4n) is 3.25. The van der Waals surface area contributed by atoms with Crippen molar-refractivity contribution in [2.75, 3.05) is 12.0 Å². The molecular formula is C21H22N4O5S. The highest BCUT2D eigenvalue weighted by Crippen LogP contribution is 2.23. The average molecular weight is 442 g/mol. The monoisotopic (exact) mass is 442 g/mol. The van der Waals surface area contributed by atoms with Gasteiger partial charge in [0.05, 0.1) is 21.7 Å². The van der Waals surface area contributed by atoms with E-state index in [-0.39, 0.29) is 41.6 Å². The van der Waals surface area contributed by atoms with Crippen molar-refractivity contribution in [3.8, 4) is 0 Å². The first-order chi connectivity index (χ1) is 14.8. The first-order valence-corrected chi connectivity index (χ1v) is 11.5. The standard InChI is InChI=1S/C21H22N4O5S/c26-19(6-3-13-25-20(27)17-4-1-2-5-18(17)21(25)28)23-22-14-9-11-16(12-10-14)31(29,30)24-15-7-8-15/h1-2,4-5,9-12,15,22,24H,3,6-8,13H2,(H,23,26). The van der Waals surface area contributed by atoms with E-state index in [4.69, 9.17) is 0 Å². The summed E-state index contributed by atoms with van der Waals surface area (Å²) < 4.78 is 26.9. The van der Waals surface area contributed by atoms with Gasteiger partial charge in [0, 0.05) is 19.0 Å². The van der Waals surface area contributed by atoms with Crippen LogP contribution in [0.4, 0.5) is 5.69 Å². The molecule has 1 aliphatic heterocycles. The lowest BCUT2D eigenvalue weighted by molar-refractivity contribution is -0.120. The lowest BCUT2D eigenvalue weighted by Gasteiger charge is -2.14. The molecule has 4 rings (SSSR count). The van der Waals surface area contributed by atoms with Crippen LogP contribution in [0.3, 0.4) is 0 Å². The van der Waals surface area contributed by atoms with Crippen molar-refractivity contribution in [2.24, 2.45) is 0 Å². The predicted octanol–water partition coefficient (Wildman–Crippen LogP) is 1.65. The molecule has 1 saturated carbocycles. The summed E-state index contributed by atoms with van der Waals surface area (Å²) in [6.45, 7) is 0.153. The maximum atomic E-state index is 12.3. The van der Waals surface area contributed by atoms with Crippen molar-refractivity contribution in [3.05, 3.63) is 59.7 Å². The Morgan fingerprint density at radius 3 is 2.16 bits per heavy atom. The molecular weight excluding hydrogens is 420 g/mol. The number of anilines is 1. The lowest BCUT2D eigenvalue weighted by atomic mass is 10.1. The molecule has 1 aliphatic carbocycles. The molecule has 0 unspecified atom stereocenters. The van der Waals surface area contributed by atoms with Gasteiger partial charge in [-0.05, 0) is 55.7 Å². The van der Waals surface area contributed by atoms with Gasteiger partial charge in [-0.3, -0.25) is 30.1 Å². The van der Waals surface area contributed by atoms with Gasteiger partial charge in [-0.2, -0.15) is 0 Å². The molecule has 10 heteroatoms. The van der Waals surface area contributed by atoms with Gasteiger partial charge >= 0.3 is 0 Å². The Labute approximate surface area is 179 Å². The third kappa shape index (κ3) is 4.75. The molecule has 2 aromatic rings. The Bertz CT molecular complexity index is 1090. The highest BCUT2D eigenvalue weighted by molar-refractivity contribution is 7.89. The molecule has 2 aromatic carbocycles. The van der Waals surface area contributed by atoms with Crippen molar-refractivity contribution >= 4 is 33.4 Å². The number of sulfonamides is 1. The van der Waals surface area contributed by atoms with E-state index in [1.54, 1.807) is 36.4 Å². The molecule has 31 heavy (non-hydrogen) atoms. The maximum Gasteiger partial charge on any atom is 0.261 e. The molecule has 0 aromatic heterocycles. The Hall–Kier alpha value is -3.24. The Morgan fingerprint density at radius 2 is 1.58 bits per heavy atom. The molecule has 0 radical (unpaired) electrons. The van der Waals surface area contributed by atoms with Crippen molar-refractivity contribution in [2.45, 2.75) is 36.6 Å². The fraction of sp³-hybridized carbons (Fsp3) is 0.286. The fourth-order valence-corrected chi connectivity index (χ4v) is 4.56. The van der Waals surface area contributed by atoms with Gasteiger partial charge in [-0.1, -0.05) is 12.1 Å². The lowest BCUT2D eigenvalue weighted by Crippen LogP contribution is -2.33. The number of fused-ring (bicyclic) bond motifs is 1. The zero-order chi connectivity index (χ0) is 22.0. The van der Waals surface area contributed by atoms with Crippen LogP contribution in [0.1, 0.15) is 46.4 Å². The molecule has 0 saturated heterocycles. The molecule has 0 atom stereocenters. The SMILES string of the molecule is O=C(CCCN1C(=O)c2ccccc2C1=O)NNc1ccc(S(=O)(=O)NC2CC2)cc1. The maximum absolute atomic E-state index is 12.3. The normalized spacial score (nSPS) is 15.7. The van der Waals surface area contributed by atoms with Crippen LogP contribution in [0.5, 0.6) is 0 Å². The molecule has 1 heterocycles. The van der Waals surface area contributed by atoms with Crippen LogP contribution in [0.15, 0.2) is 53.4 Å². The molecule has 2 aliphatic rings. The highest BCUT2D eigenvalue weighted by Gasteiger charge is 2.34. The summed E-state index contributed by atoms with van der Waals surface area (Å²) in [5, 5.41) is 0. The second-order valence-electron chi connectivity index (χ2n) is 7.50. The zero-order valence-corrected chi connectivity index (χ0v) is 17.4. The summed E-state index contributed by atoms with van der Waals surface area (Å²) in [5.74, 6) is -1.00. The summed E-state index contributed by atoms with van der Waals surface area (Å²) in [6, 6.07) is 12.7. The van der Waals surface area contributed by atoms with Crippen molar-refractivity contribution in [3.63, 3.8) is 0 Å². The number of imide groups is 1. The first-order valence-electron chi connectivity index (χ1n) is 9.97. The molecule has 3 N–H and O–H groups in total. The van der Waals surface area contributed by atoms with E-state index in [9.17, 15) is 22.8 Å². The minimum Gasteiger partial charge on any atom is -0.299 e. The van der Waals surface area contributed by atoms with Gasteiger partial charge in [-0.15, -0.1) is 0 Å².